The Hall–Kier alpha value is -0.870. The van der Waals surface area contributed by atoms with E-state index in [1.807, 2.05) is 6.92 Å². The SMILES string of the molecule is CC(C)NCCC(=O)NC(C)Cc1ccsc1. The van der Waals surface area contributed by atoms with Gasteiger partial charge in [-0.15, -0.1) is 0 Å². The first-order chi connectivity index (χ1) is 8.08. The van der Waals surface area contributed by atoms with Gasteiger partial charge in [0.1, 0.15) is 0 Å². The van der Waals surface area contributed by atoms with Crippen molar-refractivity contribution in [3.8, 4) is 0 Å². The molecule has 2 N–H and O–H groups in total. The molecule has 1 amide bonds. The first kappa shape index (κ1) is 14.2. The van der Waals surface area contributed by atoms with E-state index in [1.54, 1.807) is 11.3 Å². The van der Waals surface area contributed by atoms with Gasteiger partial charge < -0.3 is 10.6 Å². The van der Waals surface area contributed by atoms with Gasteiger partial charge in [-0.3, -0.25) is 4.79 Å². The van der Waals surface area contributed by atoms with Crippen LogP contribution in [0, 0.1) is 0 Å². The largest absolute Gasteiger partial charge is 0.353 e. The molecule has 1 rings (SSSR count). The number of amides is 1. The van der Waals surface area contributed by atoms with Crippen LogP contribution in [0.3, 0.4) is 0 Å². The Morgan fingerprint density at radius 1 is 1.41 bits per heavy atom. The summed E-state index contributed by atoms with van der Waals surface area (Å²) in [5.41, 5.74) is 1.29. The standard InChI is InChI=1S/C13H22N2OS/c1-10(2)14-6-4-13(16)15-11(3)8-12-5-7-17-9-12/h5,7,9-11,14H,4,6,8H2,1-3H3,(H,15,16). The molecule has 0 fully saturated rings. The van der Waals surface area contributed by atoms with E-state index in [2.05, 4.69) is 41.3 Å². The van der Waals surface area contributed by atoms with Crippen molar-refractivity contribution in [3.05, 3.63) is 22.4 Å². The fourth-order valence-corrected chi connectivity index (χ4v) is 2.32. The second-order valence-electron chi connectivity index (χ2n) is 4.66. The molecule has 96 valence electrons. The van der Waals surface area contributed by atoms with Gasteiger partial charge in [-0.05, 0) is 35.7 Å². The number of carbonyl (C=O) groups excluding carboxylic acids is 1. The lowest BCUT2D eigenvalue weighted by Gasteiger charge is -2.14. The van der Waals surface area contributed by atoms with Crippen molar-refractivity contribution in [1.29, 1.82) is 0 Å². The smallest absolute Gasteiger partial charge is 0.221 e. The van der Waals surface area contributed by atoms with E-state index in [0.29, 0.717) is 12.5 Å². The van der Waals surface area contributed by atoms with Crippen molar-refractivity contribution in [1.82, 2.24) is 10.6 Å². The van der Waals surface area contributed by atoms with Gasteiger partial charge in [0.2, 0.25) is 5.91 Å². The topological polar surface area (TPSA) is 41.1 Å². The van der Waals surface area contributed by atoms with Crippen molar-refractivity contribution in [2.75, 3.05) is 6.54 Å². The summed E-state index contributed by atoms with van der Waals surface area (Å²) in [5.74, 6) is 0.126. The number of hydrogen-bond donors (Lipinski definition) is 2. The first-order valence-corrected chi connectivity index (χ1v) is 7.06. The van der Waals surface area contributed by atoms with Crippen LogP contribution in [0.15, 0.2) is 16.8 Å². The minimum absolute atomic E-state index is 0.126. The van der Waals surface area contributed by atoms with Gasteiger partial charge in [-0.1, -0.05) is 13.8 Å². The molecule has 0 radical (unpaired) electrons. The molecule has 0 aliphatic carbocycles. The molecule has 1 atom stereocenters. The zero-order valence-electron chi connectivity index (χ0n) is 10.8. The summed E-state index contributed by atoms with van der Waals surface area (Å²) in [6.45, 7) is 6.95. The molecule has 1 heterocycles. The molecule has 4 heteroatoms. The Morgan fingerprint density at radius 2 is 2.18 bits per heavy atom. The number of hydrogen-bond acceptors (Lipinski definition) is 3. The van der Waals surface area contributed by atoms with Gasteiger partial charge in [0, 0.05) is 25.0 Å². The van der Waals surface area contributed by atoms with Crippen molar-refractivity contribution in [2.24, 2.45) is 0 Å². The van der Waals surface area contributed by atoms with Gasteiger partial charge in [0.25, 0.3) is 0 Å². The van der Waals surface area contributed by atoms with Crippen LogP contribution in [0.2, 0.25) is 0 Å². The summed E-state index contributed by atoms with van der Waals surface area (Å²) in [5, 5.41) is 10.4. The minimum atomic E-state index is 0.126. The summed E-state index contributed by atoms with van der Waals surface area (Å²) in [6, 6.07) is 2.75. The van der Waals surface area contributed by atoms with Crippen molar-refractivity contribution >= 4 is 17.2 Å². The molecule has 0 saturated heterocycles. The van der Waals surface area contributed by atoms with Crippen LogP contribution in [0.4, 0.5) is 0 Å². The fraction of sp³-hybridized carbons (Fsp3) is 0.615. The van der Waals surface area contributed by atoms with E-state index in [9.17, 15) is 4.79 Å². The van der Waals surface area contributed by atoms with E-state index < -0.39 is 0 Å². The molecule has 0 aliphatic rings. The fourth-order valence-electron chi connectivity index (χ4n) is 1.63. The predicted octanol–water partition coefficient (Wildman–Crippen LogP) is 2.18. The summed E-state index contributed by atoms with van der Waals surface area (Å²) in [7, 11) is 0. The van der Waals surface area contributed by atoms with Crippen LogP contribution < -0.4 is 10.6 Å². The average Bonchev–Trinajstić information content (AvgIpc) is 2.69. The number of rotatable bonds is 7. The monoisotopic (exact) mass is 254 g/mol. The first-order valence-electron chi connectivity index (χ1n) is 6.11. The number of thiophene rings is 1. The second-order valence-corrected chi connectivity index (χ2v) is 5.44. The van der Waals surface area contributed by atoms with Crippen LogP contribution in [0.25, 0.3) is 0 Å². The molecule has 0 spiro atoms. The van der Waals surface area contributed by atoms with E-state index >= 15 is 0 Å². The second kappa shape index (κ2) is 7.45. The van der Waals surface area contributed by atoms with Crippen molar-refractivity contribution < 1.29 is 4.79 Å². The third-order valence-electron chi connectivity index (χ3n) is 2.43. The lowest BCUT2D eigenvalue weighted by Crippen LogP contribution is -2.36. The van der Waals surface area contributed by atoms with Crippen LogP contribution in [0.5, 0.6) is 0 Å². The molecule has 3 nitrogen and oxygen atoms in total. The van der Waals surface area contributed by atoms with Crippen LogP contribution in [-0.2, 0) is 11.2 Å². The molecule has 0 aromatic carbocycles. The Balaban J connectivity index is 2.17. The Kier molecular flexibility index (Phi) is 6.22. The Labute approximate surface area is 108 Å². The molecule has 0 aliphatic heterocycles. The number of carbonyl (C=O) groups is 1. The maximum Gasteiger partial charge on any atom is 0.221 e. The van der Waals surface area contributed by atoms with E-state index in [-0.39, 0.29) is 11.9 Å². The van der Waals surface area contributed by atoms with Gasteiger partial charge in [-0.25, -0.2) is 0 Å². The molecular formula is C13H22N2OS. The van der Waals surface area contributed by atoms with Gasteiger partial charge >= 0.3 is 0 Å². The molecule has 17 heavy (non-hydrogen) atoms. The van der Waals surface area contributed by atoms with Crippen LogP contribution >= 0.6 is 11.3 Å². The third-order valence-corrected chi connectivity index (χ3v) is 3.17. The molecular weight excluding hydrogens is 232 g/mol. The quantitative estimate of drug-likeness (QED) is 0.783. The highest BCUT2D eigenvalue weighted by Crippen LogP contribution is 2.08. The van der Waals surface area contributed by atoms with Crippen LogP contribution in [0.1, 0.15) is 32.8 Å². The highest BCUT2D eigenvalue weighted by Gasteiger charge is 2.08. The maximum atomic E-state index is 11.6. The summed E-state index contributed by atoms with van der Waals surface area (Å²) in [4.78, 5) is 11.6. The highest BCUT2D eigenvalue weighted by molar-refractivity contribution is 7.07. The molecule has 0 bridgehead atoms. The van der Waals surface area contributed by atoms with E-state index in [4.69, 9.17) is 0 Å². The van der Waals surface area contributed by atoms with Crippen molar-refractivity contribution in [2.45, 2.75) is 45.7 Å². The molecule has 0 saturated carbocycles. The zero-order chi connectivity index (χ0) is 12.7. The maximum absolute atomic E-state index is 11.6. The summed E-state index contributed by atoms with van der Waals surface area (Å²) in [6.07, 6.45) is 1.46. The molecule has 1 unspecified atom stereocenters. The van der Waals surface area contributed by atoms with Gasteiger partial charge in [0.05, 0.1) is 0 Å². The average molecular weight is 254 g/mol. The Bertz CT molecular complexity index is 322. The van der Waals surface area contributed by atoms with Gasteiger partial charge in [0.15, 0.2) is 0 Å². The minimum Gasteiger partial charge on any atom is -0.353 e. The number of nitrogens with one attached hydrogen (secondary N) is 2. The predicted molar refractivity (Wildman–Crippen MR) is 73.4 cm³/mol. The van der Waals surface area contributed by atoms with Crippen molar-refractivity contribution in [3.63, 3.8) is 0 Å². The van der Waals surface area contributed by atoms with Gasteiger partial charge in [-0.2, -0.15) is 11.3 Å². The third kappa shape index (κ3) is 6.44. The highest BCUT2D eigenvalue weighted by atomic mass is 32.1. The normalized spacial score (nSPS) is 12.7. The molecule has 1 aromatic rings. The lowest BCUT2D eigenvalue weighted by molar-refractivity contribution is -0.121. The summed E-state index contributed by atoms with van der Waals surface area (Å²) >= 11 is 1.69. The van der Waals surface area contributed by atoms with E-state index in [1.165, 1.54) is 5.56 Å². The lowest BCUT2D eigenvalue weighted by atomic mass is 10.1. The zero-order valence-corrected chi connectivity index (χ0v) is 11.6. The van der Waals surface area contributed by atoms with Crippen LogP contribution in [-0.4, -0.2) is 24.5 Å². The Morgan fingerprint density at radius 3 is 2.76 bits per heavy atom. The van der Waals surface area contributed by atoms with E-state index in [0.717, 1.165) is 13.0 Å². The summed E-state index contributed by atoms with van der Waals surface area (Å²) < 4.78 is 0. The molecule has 1 aromatic heterocycles.